The molecule has 0 aliphatic carbocycles. The summed E-state index contributed by atoms with van der Waals surface area (Å²) in [5, 5.41) is 2.29. The second-order valence-electron chi connectivity index (χ2n) is 4.90. The highest BCUT2D eigenvalue weighted by Crippen LogP contribution is 2.21. The van der Waals surface area contributed by atoms with E-state index in [4.69, 9.17) is 14.2 Å². The van der Waals surface area contributed by atoms with Crippen LogP contribution in [0, 0.1) is 0 Å². The lowest BCUT2D eigenvalue weighted by atomic mass is 10.2. The number of ether oxygens (including phenoxy) is 3. The molecule has 2 rings (SSSR count). The first-order valence-corrected chi connectivity index (χ1v) is 7.71. The van der Waals surface area contributed by atoms with E-state index in [9.17, 15) is 9.59 Å². The Hall–Kier alpha value is -2.12. The Morgan fingerprint density at radius 1 is 1.13 bits per heavy atom. The van der Waals surface area contributed by atoms with Gasteiger partial charge in [0.15, 0.2) is 6.29 Å². The SMILES string of the molecule is CCOC(COc1ccc(N2CCC(=O)NC2=O)cc1)OCC. The number of carbonyl (C=O) groups excluding carboxylic acids is 2. The van der Waals surface area contributed by atoms with Crippen molar-refractivity contribution in [1.29, 1.82) is 0 Å². The Morgan fingerprint density at radius 2 is 1.78 bits per heavy atom. The first kappa shape index (κ1) is 17.2. The molecule has 0 atom stereocenters. The van der Waals surface area contributed by atoms with Crippen molar-refractivity contribution < 1.29 is 23.8 Å². The molecule has 3 amide bonds. The number of nitrogens with one attached hydrogen (secondary N) is 1. The van der Waals surface area contributed by atoms with Crippen molar-refractivity contribution in [2.45, 2.75) is 26.6 Å². The van der Waals surface area contributed by atoms with E-state index in [-0.39, 0.29) is 5.91 Å². The van der Waals surface area contributed by atoms with Gasteiger partial charge in [0.25, 0.3) is 0 Å². The normalized spacial score (nSPS) is 15.0. The molecule has 1 heterocycles. The van der Waals surface area contributed by atoms with Gasteiger partial charge in [0.1, 0.15) is 12.4 Å². The summed E-state index contributed by atoms with van der Waals surface area (Å²) in [6.45, 7) is 5.57. The molecule has 0 radical (unpaired) electrons. The minimum Gasteiger partial charge on any atom is -0.488 e. The number of imide groups is 1. The maximum Gasteiger partial charge on any atom is 0.328 e. The quantitative estimate of drug-likeness (QED) is 0.740. The number of anilines is 1. The Bertz CT molecular complexity index is 526. The third-order valence-corrected chi connectivity index (χ3v) is 3.29. The van der Waals surface area contributed by atoms with Crippen LogP contribution in [0.5, 0.6) is 5.75 Å². The molecule has 1 saturated heterocycles. The molecular weight excluding hydrogens is 300 g/mol. The van der Waals surface area contributed by atoms with Crippen LogP contribution in [0.25, 0.3) is 0 Å². The highest BCUT2D eigenvalue weighted by molar-refractivity contribution is 6.05. The van der Waals surface area contributed by atoms with Crippen LogP contribution >= 0.6 is 0 Å². The Morgan fingerprint density at radius 3 is 2.35 bits per heavy atom. The van der Waals surface area contributed by atoms with Crippen LogP contribution < -0.4 is 15.0 Å². The van der Waals surface area contributed by atoms with Gasteiger partial charge in [-0.05, 0) is 38.1 Å². The lowest BCUT2D eigenvalue weighted by Gasteiger charge is -2.26. The first-order valence-electron chi connectivity index (χ1n) is 7.71. The lowest BCUT2D eigenvalue weighted by molar-refractivity contribution is -0.152. The lowest BCUT2D eigenvalue weighted by Crippen LogP contribution is -2.49. The maximum absolute atomic E-state index is 11.8. The molecule has 0 saturated carbocycles. The number of rotatable bonds is 8. The molecule has 0 aromatic heterocycles. The van der Waals surface area contributed by atoms with Gasteiger partial charge in [0.05, 0.1) is 0 Å². The summed E-state index contributed by atoms with van der Waals surface area (Å²) >= 11 is 0. The smallest absolute Gasteiger partial charge is 0.328 e. The third kappa shape index (κ3) is 4.94. The van der Waals surface area contributed by atoms with Crippen LogP contribution in [0.3, 0.4) is 0 Å². The fraction of sp³-hybridized carbons (Fsp3) is 0.500. The number of benzene rings is 1. The van der Waals surface area contributed by atoms with E-state index < -0.39 is 12.3 Å². The van der Waals surface area contributed by atoms with E-state index in [2.05, 4.69) is 5.32 Å². The summed E-state index contributed by atoms with van der Waals surface area (Å²) in [7, 11) is 0. The fourth-order valence-electron chi connectivity index (χ4n) is 2.21. The Kier molecular flexibility index (Phi) is 6.37. The molecule has 0 bridgehead atoms. The zero-order valence-corrected chi connectivity index (χ0v) is 13.4. The summed E-state index contributed by atoms with van der Waals surface area (Å²) in [5.74, 6) is 0.413. The number of hydrogen-bond acceptors (Lipinski definition) is 5. The van der Waals surface area contributed by atoms with E-state index in [1.165, 1.54) is 4.90 Å². The van der Waals surface area contributed by atoms with Gasteiger partial charge in [-0.25, -0.2) is 4.79 Å². The number of hydrogen-bond donors (Lipinski definition) is 1. The number of amides is 3. The van der Waals surface area contributed by atoms with Gasteiger partial charge in [-0.15, -0.1) is 0 Å². The molecule has 1 aliphatic rings. The second-order valence-corrected chi connectivity index (χ2v) is 4.90. The predicted molar refractivity (Wildman–Crippen MR) is 84.5 cm³/mol. The van der Waals surface area contributed by atoms with Gasteiger partial charge in [-0.2, -0.15) is 0 Å². The molecule has 0 spiro atoms. The third-order valence-electron chi connectivity index (χ3n) is 3.29. The number of carbonyl (C=O) groups is 2. The molecule has 23 heavy (non-hydrogen) atoms. The van der Waals surface area contributed by atoms with Crippen LogP contribution in [-0.4, -0.2) is 44.6 Å². The summed E-state index contributed by atoms with van der Waals surface area (Å²) in [4.78, 5) is 24.5. The highest BCUT2D eigenvalue weighted by atomic mass is 16.7. The molecule has 7 nitrogen and oxygen atoms in total. The van der Waals surface area contributed by atoms with Crippen molar-refractivity contribution in [3.8, 4) is 5.75 Å². The minimum atomic E-state index is -0.400. The van der Waals surface area contributed by atoms with Crippen molar-refractivity contribution in [2.75, 3.05) is 31.3 Å². The second kappa shape index (κ2) is 8.50. The van der Waals surface area contributed by atoms with Gasteiger partial charge in [0, 0.05) is 31.9 Å². The van der Waals surface area contributed by atoms with Crippen LogP contribution in [0.2, 0.25) is 0 Å². The molecule has 1 aliphatic heterocycles. The molecule has 7 heteroatoms. The average molecular weight is 322 g/mol. The molecule has 1 fully saturated rings. The predicted octanol–water partition coefficient (Wildman–Crippen LogP) is 1.91. The monoisotopic (exact) mass is 322 g/mol. The Balaban J connectivity index is 1.91. The molecule has 126 valence electrons. The van der Waals surface area contributed by atoms with Crippen molar-refractivity contribution in [2.24, 2.45) is 0 Å². The van der Waals surface area contributed by atoms with Crippen LogP contribution in [-0.2, 0) is 14.3 Å². The van der Waals surface area contributed by atoms with Crippen molar-refractivity contribution in [3.05, 3.63) is 24.3 Å². The topological polar surface area (TPSA) is 77.1 Å². The Labute approximate surface area is 135 Å². The molecule has 0 unspecified atom stereocenters. The van der Waals surface area contributed by atoms with Crippen molar-refractivity contribution >= 4 is 17.6 Å². The van der Waals surface area contributed by atoms with Gasteiger partial charge in [-0.3, -0.25) is 15.0 Å². The minimum absolute atomic E-state index is 0.246. The van der Waals surface area contributed by atoms with Crippen molar-refractivity contribution in [1.82, 2.24) is 5.32 Å². The van der Waals surface area contributed by atoms with Gasteiger partial charge < -0.3 is 14.2 Å². The molecule has 1 aromatic rings. The molecule has 1 N–H and O–H groups in total. The summed E-state index contributed by atoms with van der Waals surface area (Å²) < 4.78 is 16.4. The van der Waals surface area contributed by atoms with E-state index in [1.54, 1.807) is 24.3 Å². The van der Waals surface area contributed by atoms with E-state index >= 15 is 0 Å². The fourth-order valence-corrected chi connectivity index (χ4v) is 2.21. The van der Waals surface area contributed by atoms with E-state index in [1.807, 2.05) is 13.8 Å². The van der Waals surface area contributed by atoms with E-state index in [0.717, 1.165) is 0 Å². The number of nitrogens with zero attached hydrogens (tertiary/aromatic N) is 1. The maximum atomic E-state index is 11.8. The first-order chi connectivity index (χ1) is 11.1. The zero-order chi connectivity index (χ0) is 16.7. The largest absolute Gasteiger partial charge is 0.488 e. The molecule has 1 aromatic carbocycles. The van der Waals surface area contributed by atoms with Crippen LogP contribution in [0.1, 0.15) is 20.3 Å². The summed E-state index contributed by atoms with van der Waals surface area (Å²) in [6, 6.07) is 6.70. The highest BCUT2D eigenvalue weighted by Gasteiger charge is 2.24. The number of urea groups is 1. The zero-order valence-electron chi connectivity index (χ0n) is 13.4. The van der Waals surface area contributed by atoms with Crippen LogP contribution in [0.15, 0.2) is 24.3 Å². The molecular formula is C16H22N2O5. The van der Waals surface area contributed by atoms with Gasteiger partial charge >= 0.3 is 6.03 Å². The summed E-state index contributed by atoms with van der Waals surface area (Å²) in [5.41, 5.74) is 0.716. The standard InChI is InChI=1S/C16H22N2O5/c1-3-21-15(22-4-2)11-23-13-7-5-12(6-8-13)18-10-9-14(19)17-16(18)20/h5-8,15H,3-4,9-11H2,1-2H3,(H,17,19,20). The summed E-state index contributed by atoms with van der Waals surface area (Å²) in [6.07, 6.45) is -0.0995. The van der Waals surface area contributed by atoms with E-state index in [0.29, 0.717) is 44.2 Å². The van der Waals surface area contributed by atoms with Crippen molar-refractivity contribution in [3.63, 3.8) is 0 Å². The average Bonchev–Trinajstić information content (AvgIpc) is 2.54. The van der Waals surface area contributed by atoms with Gasteiger partial charge in [0.2, 0.25) is 5.91 Å². The van der Waals surface area contributed by atoms with Gasteiger partial charge in [-0.1, -0.05) is 0 Å². The van der Waals surface area contributed by atoms with Crippen LogP contribution in [0.4, 0.5) is 10.5 Å².